The molecule has 0 aliphatic rings. The van der Waals surface area contributed by atoms with Crippen molar-refractivity contribution in [2.75, 3.05) is 14.2 Å². The molecule has 0 saturated heterocycles. The number of aliphatic carboxylic acids is 1. The van der Waals surface area contributed by atoms with Gasteiger partial charge in [-0.15, -0.1) is 0 Å². The second kappa shape index (κ2) is 4.65. The van der Waals surface area contributed by atoms with Gasteiger partial charge in [0.05, 0.1) is 19.6 Å². The maximum Gasteiger partial charge on any atom is 0.313 e. The smallest absolute Gasteiger partial charge is 0.313 e. The van der Waals surface area contributed by atoms with Crippen LogP contribution in [0, 0.1) is 6.92 Å². The molecule has 94 valence electrons. The van der Waals surface area contributed by atoms with Crippen molar-refractivity contribution < 1.29 is 19.4 Å². The van der Waals surface area contributed by atoms with Crippen molar-refractivity contribution in [3.05, 3.63) is 23.3 Å². The molecule has 0 aliphatic heterocycles. The molecule has 0 aliphatic carbocycles. The second-order valence-electron chi connectivity index (χ2n) is 4.44. The summed E-state index contributed by atoms with van der Waals surface area (Å²) in [5.41, 5.74) is 0.540. The number of benzene rings is 1. The Morgan fingerprint density at radius 1 is 1.18 bits per heavy atom. The first-order valence-electron chi connectivity index (χ1n) is 5.31. The lowest BCUT2D eigenvalue weighted by Gasteiger charge is -2.22. The Morgan fingerprint density at radius 3 is 1.88 bits per heavy atom. The number of carboxylic acids is 1. The zero-order valence-corrected chi connectivity index (χ0v) is 10.8. The van der Waals surface area contributed by atoms with Gasteiger partial charge in [-0.3, -0.25) is 4.79 Å². The van der Waals surface area contributed by atoms with Crippen molar-refractivity contribution in [3.8, 4) is 11.5 Å². The molecule has 0 aromatic heterocycles. The summed E-state index contributed by atoms with van der Waals surface area (Å²) in [4.78, 5) is 11.2. The van der Waals surface area contributed by atoms with Crippen LogP contribution in [0.4, 0.5) is 0 Å². The van der Waals surface area contributed by atoms with Crippen LogP contribution < -0.4 is 9.47 Å². The van der Waals surface area contributed by atoms with Gasteiger partial charge in [0, 0.05) is 5.56 Å². The van der Waals surface area contributed by atoms with Crippen molar-refractivity contribution in [3.63, 3.8) is 0 Å². The second-order valence-corrected chi connectivity index (χ2v) is 4.44. The molecule has 0 atom stereocenters. The number of carboxylic acid groups (broad SMARTS) is 1. The minimum Gasteiger partial charge on any atom is -0.496 e. The molecule has 1 aromatic rings. The molecule has 0 bridgehead atoms. The third kappa shape index (κ3) is 2.35. The average Bonchev–Trinajstić information content (AvgIpc) is 2.28. The van der Waals surface area contributed by atoms with Crippen LogP contribution in [0.15, 0.2) is 12.1 Å². The summed E-state index contributed by atoms with van der Waals surface area (Å²) >= 11 is 0. The fraction of sp³-hybridized carbons (Fsp3) is 0.462. The van der Waals surface area contributed by atoms with Crippen LogP contribution in [0.2, 0.25) is 0 Å². The van der Waals surface area contributed by atoms with Gasteiger partial charge in [0.2, 0.25) is 0 Å². The zero-order valence-electron chi connectivity index (χ0n) is 10.8. The first-order valence-corrected chi connectivity index (χ1v) is 5.31. The highest BCUT2D eigenvalue weighted by atomic mass is 16.5. The van der Waals surface area contributed by atoms with Crippen LogP contribution in [0.3, 0.4) is 0 Å². The zero-order chi connectivity index (χ0) is 13.2. The van der Waals surface area contributed by atoms with Gasteiger partial charge in [-0.2, -0.15) is 0 Å². The van der Waals surface area contributed by atoms with Crippen molar-refractivity contribution in [2.24, 2.45) is 0 Å². The van der Waals surface area contributed by atoms with Gasteiger partial charge in [0.15, 0.2) is 0 Å². The van der Waals surface area contributed by atoms with E-state index in [0.29, 0.717) is 17.1 Å². The van der Waals surface area contributed by atoms with Crippen molar-refractivity contribution >= 4 is 5.97 Å². The number of carbonyl (C=O) groups is 1. The van der Waals surface area contributed by atoms with E-state index >= 15 is 0 Å². The lowest BCUT2D eigenvalue weighted by Crippen LogP contribution is -2.28. The molecule has 0 fully saturated rings. The van der Waals surface area contributed by atoms with Crippen molar-refractivity contribution in [2.45, 2.75) is 26.2 Å². The van der Waals surface area contributed by atoms with Gasteiger partial charge >= 0.3 is 5.97 Å². The topological polar surface area (TPSA) is 55.8 Å². The van der Waals surface area contributed by atoms with Crippen molar-refractivity contribution in [1.82, 2.24) is 0 Å². The van der Waals surface area contributed by atoms with E-state index in [0.717, 1.165) is 5.56 Å². The van der Waals surface area contributed by atoms with Crippen LogP contribution in [0.5, 0.6) is 11.5 Å². The van der Waals surface area contributed by atoms with Crippen LogP contribution in [0.1, 0.15) is 25.0 Å². The van der Waals surface area contributed by atoms with Gasteiger partial charge in [0.1, 0.15) is 11.5 Å². The molecule has 4 nitrogen and oxygen atoms in total. The highest BCUT2D eigenvalue weighted by Crippen LogP contribution is 2.35. The van der Waals surface area contributed by atoms with E-state index < -0.39 is 11.4 Å². The first kappa shape index (κ1) is 13.4. The van der Waals surface area contributed by atoms with Crippen LogP contribution >= 0.6 is 0 Å². The summed E-state index contributed by atoms with van der Waals surface area (Å²) < 4.78 is 10.5. The van der Waals surface area contributed by atoms with E-state index in [-0.39, 0.29) is 0 Å². The van der Waals surface area contributed by atoms with E-state index in [9.17, 15) is 9.90 Å². The minimum absolute atomic E-state index is 0.633. The van der Waals surface area contributed by atoms with E-state index in [2.05, 4.69) is 0 Å². The minimum atomic E-state index is -0.978. The Labute approximate surface area is 101 Å². The Kier molecular flexibility index (Phi) is 3.66. The van der Waals surface area contributed by atoms with Gasteiger partial charge in [-0.05, 0) is 38.5 Å². The highest BCUT2D eigenvalue weighted by Gasteiger charge is 2.31. The van der Waals surface area contributed by atoms with Gasteiger partial charge in [-0.1, -0.05) is 0 Å². The lowest BCUT2D eigenvalue weighted by atomic mass is 9.84. The van der Waals surface area contributed by atoms with E-state index in [4.69, 9.17) is 9.47 Å². The molecule has 4 heteroatoms. The standard InChI is InChI=1S/C13H18O4/c1-8-10(16-4)6-9(7-11(8)17-5)13(2,3)12(14)15/h6-7H,1-5H3,(H,14,15). The summed E-state index contributed by atoms with van der Waals surface area (Å²) in [6.07, 6.45) is 0. The molecule has 1 N–H and O–H groups in total. The highest BCUT2D eigenvalue weighted by molar-refractivity contribution is 5.80. The molecular formula is C13H18O4. The molecule has 0 unspecified atom stereocenters. The molecular weight excluding hydrogens is 220 g/mol. The van der Waals surface area contributed by atoms with E-state index in [1.54, 1.807) is 40.2 Å². The first-order chi connectivity index (χ1) is 7.84. The molecule has 1 aromatic carbocycles. The molecule has 0 radical (unpaired) electrons. The molecule has 0 saturated carbocycles. The summed E-state index contributed by atoms with van der Waals surface area (Å²) in [6.45, 7) is 5.17. The van der Waals surface area contributed by atoms with Gasteiger partial charge in [-0.25, -0.2) is 0 Å². The monoisotopic (exact) mass is 238 g/mol. The summed E-state index contributed by atoms with van der Waals surface area (Å²) in [5.74, 6) is 0.382. The predicted octanol–water partition coefficient (Wildman–Crippen LogP) is 2.37. The molecule has 0 amide bonds. The summed E-state index contributed by atoms with van der Waals surface area (Å²) in [7, 11) is 3.11. The third-order valence-corrected chi connectivity index (χ3v) is 3.01. The lowest BCUT2D eigenvalue weighted by molar-refractivity contribution is -0.142. The van der Waals surface area contributed by atoms with Gasteiger partial charge < -0.3 is 14.6 Å². The Morgan fingerprint density at radius 2 is 1.59 bits per heavy atom. The van der Waals surface area contributed by atoms with Crippen molar-refractivity contribution in [1.29, 1.82) is 0 Å². The van der Waals surface area contributed by atoms with Crippen LogP contribution in [-0.2, 0) is 10.2 Å². The summed E-state index contributed by atoms with van der Waals surface area (Å²) in [5, 5.41) is 9.21. The molecule has 1 rings (SSSR count). The number of hydrogen-bond acceptors (Lipinski definition) is 3. The van der Waals surface area contributed by atoms with Crippen LogP contribution in [-0.4, -0.2) is 25.3 Å². The quantitative estimate of drug-likeness (QED) is 0.875. The molecule has 0 heterocycles. The largest absolute Gasteiger partial charge is 0.496 e. The Bertz CT molecular complexity index is 410. The molecule has 17 heavy (non-hydrogen) atoms. The number of methoxy groups -OCH3 is 2. The molecule has 0 spiro atoms. The number of rotatable bonds is 4. The maximum absolute atomic E-state index is 11.2. The average molecular weight is 238 g/mol. The third-order valence-electron chi connectivity index (χ3n) is 3.01. The summed E-state index contributed by atoms with van der Waals surface area (Å²) in [6, 6.07) is 3.48. The fourth-order valence-electron chi connectivity index (χ4n) is 1.57. The predicted molar refractivity (Wildman–Crippen MR) is 64.9 cm³/mol. The fourth-order valence-corrected chi connectivity index (χ4v) is 1.57. The van der Waals surface area contributed by atoms with Crippen LogP contribution in [0.25, 0.3) is 0 Å². The number of hydrogen-bond donors (Lipinski definition) is 1. The Balaban J connectivity index is 3.41. The Hall–Kier alpha value is -1.71. The SMILES string of the molecule is COc1cc(C(C)(C)C(=O)O)cc(OC)c1C. The van der Waals surface area contributed by atoms with E-state index in [1.807, 2.05) is 6.92 Å². The maximum atomic E-state index is 11.2. The number of ether oxygens (including phenoxy) is 2. The van der Waals surface area contributed by atoms with E-state index in [1.165, 1.54) is 0 Å². The normalized spacial score (nSPS) is 11.1. The van der Waals surface area contributed by atoms with Gasteiger partial charge in [0.25, 0.3) is 0 Å².